The quantitative estimate of drug-likeness (QED) is 0.555. The van der Waals surface area contributed by atoms with Gasteiger partial charge in [-0.05, 0) is 5.54 Å². The molecule has 0 aromatic rings. The Bertz CT molecular complexity index is 77.0. The molecule has 1 saturated carbocycles. The highest BCUT2D eigenvalue weighted by molar-refractivity contribution is 6.55. The first-order chi connectivity index (χ1) is 4.30. The summed E-state index contributed by atoms with van der Waals surface area (Å²) in [6.45, 7) is 2.27. The topological polar surface area (TPSA) is 26.0 Å². The van der Waals surface area contributed by atoms with E-state index >= 15 is 0 Å². The highest BCUT2D eigenvalue weighted by Crippen LogP contribution is 2.29. The summed E-state index contributed by atoms with van der Waals surface area (Å²) in [5, 5.41) is 5.91. The van der Waals surface area contributed by atoms with Crippen molar-refractivity contribution < 1.29 is 0 Å². The van der Waals surface area contributed by atoms with Crippen LogP contribution in [0.4, 0.5) is 0 Å². The summed E-state index contributed by atoms with van der Waals surface area (Å²) in [5.74, 6) is 0. The largest absolute Gasteiger partial charge is 0.353 e. The molecule has 0 bridgehead atoms. The van der Waals surface area contributed by atoms with E-state index < -0.39 is 8.96 Å². The molecule has 2 heteroatoms. The molecule has 1 atom stereocenters. The van der Waals surface area contributed by atoms with E-state index in [2.05, 4.69) is 6.55 Å². The molecule has 0 aliphatic heterocycles. The fourth-order valence-electron chi connectivity index (χ4n) is 1.66. The molecule has 0 aromatic heterocycles. The fourth-order valence-corrected chi connectivity index (χ4v) is 3.18. The molecular formula is C7H17NSi. The number of hydrogen-bond donors (Lipinski definition) is 1. The number of hydrogen-bond acceptors (Lipinski definition) is 1. The third-order valence-electron chi connectivity index (χ3n) is 2.39. The van der Waals surface area contributed by atoms with Crippen LogP contribution in [-0.2, 0) is 0 Å². The van der Waals surface area contributed by atoms with Crippen LogP contribution in [0.15, 0.2) is 0 Å². The molecular weight excluding hydrogens is 126 g/mol. The highest BCUT2D eigenvalue weighted by Gasteiger charge is 2.17. The number of rotatable bonds is 1. The maximum Gasteiger partial charge on any atom is 0.106 e. The molecule has 1 aliphatic carbocycles. The van der Waals surface area contributed by atoms with Gasteiger partial charge in [-0.25, -0.2) is 0 Å². The predicted octanol–water partition coefficient (Wildman–Crippen LogP) is 1.63. The van der Waals surface area contributed by atoms with Gasteiger partial charge in [0.25, 0.3) is 0 Å². The van der Waals surface area contributed by atoms with Gasteiger partial charge in [0.05, 0.1) is 0 Å². The molecule has 1 unspecified atom stereocenters. The average Bonchev–Trinajstić information content (AvgIpc) is 1.90. The molecule has 1 aliphatic rings. The van der Waals surface area contributed by atoms with Gasteiger partial charge in [-0.3, -0.25) is 0 Å². The van der Waals surface area contributed by atoms with Crippen LogP contribution in [-0.4, -0.2) is 8.96 Å². The lowest BCUT2D eigenvalue weighted by Crippen LogP contribution is -2.29. The van der Waals surface area contributed by atoms with Gasteiger partial charge in [0.1, 0.15) is 8.96 Å². The second-order valence-corrected chi connectivity index (χ2v) is 5.92. The maximum atomic E-state index is 5.91. The second-order valence-electron chi connectivity index (χ2n) is 3.26. The Labute approximate surface area is 59.3 Å². The second kappa shape index (κ2) is 3.37. The van der Waals surface area contributed by atoms with E-state index in [0.717, 1.165) is 5.54 Å². The Morgan fingerprint density at radius 1 is 1.22 bits per heavy atom. The van der Waals surface area contributed by atoms with E-state index in [4.69, 9.17) is 5.40 Å². The Kier molecular flexibility index (Phi) is 2.73. The zero-order valence-corrected chi connectivity index (χ0v) is 7.42. The fraction of sp³-hybridized carbons (Fsp3) is 1.00. The van der Waals surface area contributed by atoms with Crippen LogP contribution >= 0.6 is 0 Å². The Balaban J connectivity index is 2.23. The third kappa shape index (κ3) is 2.10. The standard InChI is InChI=1S/C7H17NSi/c1-9(8)7-5-3-2-4-6-7/h7,9H,2-6,8H2,1H3. The van der Waals surface area contributed by atoms with Gasteiger partial charge >= 0.3 is 0 Å². The summed E-state index contributed by atoms with van der Waals surface area (Å²) in [7, 11) is -0.752. The maximum absolute atomic E-state index is 5.91. The van der Waals surface area contributed by atoms with E-state index in [1.165, 1.54) is 32.1 Å². The first-order valence-electron chi connectivity index (χ1n) is 4.06. The zero-order valence-electron chi connectivity index (χ0n) is 6.27. The molecule has 54 valence electrons. The van der Waals surface area contributed by atoms with Crippen molar-refractivity contribution in [2.75, 3.05) is 0 Å². The molecule has 1 fully saturated rings. The van der Waals surface area contributed by atoms with Crippen LogP contribution in [0.25, 0.3) is 0 Å². The van der Waals surface area contributed by atoms with Crippen molar-refractivity contribution in [1.29, 1.82) is 0 Å². The summed E-state index contributed by atoms with van der Waals surface area (Å²) in [5.41, 5.74) is 0.971. The van der Waals surface area contributed by atoms with Crippen molar-refractivity contribution in [3.8, 4) is 0 Å². The summed E-state index contributed by atoms with van der Waals surface area (Å²) in [6.07, 6.45) is 7.21. The Morgan fingerprint density at radius 3 is 2.11 bits per heavy atom. The van der Waals surface area contributed by atoms with Crippen molar-refractivity contribution in [3.05, 3.63) is 0 Å². The third-order valence-corrected chi connectivity index (χ3v) is 4.55. The van der Waals surface area contributed by atoms with Gasteiger partial charge in [-0.1, -0.05) is 38.7 Å². The van der Waals surface area contributed by atoms with Gasteiger partial charge in [0.15, 0.2) is 0 Å². The lowest BCUT2D eigenvalue weighted by atomic mass is 10.0. The average molecular weight is 143 g/mol. The lowest BCUT2D eigenvalue weighted by Gasteiger charge is -2.23. The number of nitrogens with two attached hydrogens (primary N) is 1. The molecule has 2 N–H and O–H groups in total. The molecule has 0 saturated heterocycles. The summed E-state index contributed by atoms with van der Waals surface area (Å²) >= 11 is 0. The Hall–Kier alpha value is 0.177. The van der Waals surface area contributed by atoms with Crippen LogP contribution in [0.3, 0.4) is 0 Å². The highest BCUT2D eigenvalue weighted by atomic mass is 28.3. The summed E-state index contributed by atoms with van der Waals surface area (Å²) in [6, 6.07) is 0. The minimum Gasteiger partial charge on any atom is -0.353 e. The molecule has 0 aromatic carbocycles. The lowest BCUT2D eigenvalue weighted by molar-refractivity contribution is 0.496. The smallest absolute Gasteiger partial charge is 0.106 e. The normalized spacial score (nSPS) is 26.0. The molecule has 9 heavy (non-hydrogen) atoms. The molecule has 0 amide bonds. The summed E-state index contributed by atoms with van der Waals surface area (Å²) in [4.78, 5) is 0. The minimum absolute atomic E-state index is 0.752. The van der Waals surface area contributed by atoms with Crippen LogP contribution < -0.4 is 5.40 Å². The van der Waals surface area contributed by atoms with E-state index in [1.807, 2.05) is 0 Å². The van der Waals surface area contributed by atoms with Crippen LogP contribution in [0.1, 0.15) is 32.1 Å². The monoisotopic (exact) mass is 143 g/mol. The van der Waals surface area contributed by atoms with Gasteiger partial charge in [0.2, 0.25) is 0 Å². The van der Waals surface area contributed by atoms with E-state index in [1.54, 1.807) is 0 Å². The molecule has 0 heterocycles. The van der Waals surface area contributed by atoms with Gasteiger partial charge in [-0.15, -0.1) is 0 Å². The summed E-state index contributed by atoms with van der Waals surface area (Å²) < 4.78 is 0. The van der Waals surface area contributed by atoms with Crippen LogP contribution in [0.5, 0.6) is 0 Å². The van der Waals surface area contributed by atoms with Crippen LogP contribution in [0, 0.1) is 0 Å². The van der Waals surface area contributed by atoms with Gasteiger partial charge in [0, 0.05) is 0 Å². The predicted molar refractivity (Wildman–Crippen MR) is 44.0 cm³/mol. The van der Waals surface area contributed by atoms with Crippen molar-refractivity contribution in [2.45, 2.75) is 44.2 Å². The molecule has 1 nitrogen and oxygen atoms in total. The Morgan fingerprint density at radius 2 is 1.78 bits per heavy atom. The molecule has 0 radical (unpaired) electrons. The van der Waals surface area contributed by atoms with Gasteiger partial charge < -0.3 is 5.40 Å². The van der Waals surface area contributed by atoms with Gasteiger partial charge in [-0.2, -0.15) is 0 Å². The van der Waals surface area contributed by atoms with Crippen LogP contribution in [0.2, 0.25) is 12.1 Å². The minimum atomic E-state index is -0.752. The van der Waals surface area contributed by atoms with E-state index in [0.29, 0.717) is 0 Å². The SMILES string of the molecule is C[SiH](N)C1CCCCC1. The van der Waals surface area contributed by atoms with Crippen molar-refractivity contribution >= 4 is 8.96 Å². The molecule has 0 spiro atoms. The van der Waals surface area contributed by atoms with E-state index in [-0.39, 0.29) is 0 Å². The zero-order chi connectivity index (χ0) is 6.69. The van der Waals surface area contributed by atoms with E-state index in [9.17, 15) is 0 Å². The first-order valence-corrected chi connectivity index (χ1v) is 6.55. The van der Waals surface area contributed by atoms with Crippen molar-refractivity contribution in [2.24, 2.45) is 5.40 Å². The van der Waals surface area contributed by atoms with Crippen molar-refractivity contribution in [1.82, 2.24) is 0 Å². The van der Waals surface area contributed by atoms with Crippen molar-refractivity contribution in [3.63, 3.8) is 0 Å². The molecule has 1 rings (SSSR count). The first kappa shape index (κ1) is 7.29.